The van der Waals surface area contributed by atoms with Crippen molar-refractivity contribution in [3.63, 3.8) is 0 Å². The fraction of sp³-hybridized carbons (Fsp3) is 0.516. The van der Waals surface area contributed by atoms with Crippen molar-refractivity contribution in [2.75, 3.05) is 6.54 Å². The molecular weight excluding hydrogens is 510 g/mol. The Morgan fingerprint density at radius 2 is 1.75 bits per heavy atom. The van der Waals surface area contributed by atoms with E-state index in [9.17, 15) is 24.6 Å². The highest BCUT2D eigenvalue weighted by Gasteiger charge is 2.42. The summed E-state index contributed by atoms with van der Waals surface area (Å²) in [5, 5.41) is 25.6. The molecule has 9 heteroatoms. The van der Waals surface area contributed by atoms with Crippen LogP contribution in [0.25, 0.3) is 0 Å². The van der Waals surface area contributed by atoms with Crippen LogP contribution in [0.15, 0.2) is 42.5 Å². The number of rotatable bonds is 11. The largest absolute Gasteiger partial charge is 0.508 e. The van der Waals surface area contributed by atoms with E-state index in [1.165, 1.54) is 18.2 Å². The predicted molar refractivity (Wildman–Crippen MR) is 153 cm³/mol. The van der Waals surface area contributed by atoms with Crippen LogP contribution in [0, 0.1) is 6.92 Å². The maximum Gasteiger partial charge on any atom is 0.408 e. The van der Waals surface area contributed by atoms with Crippen LogP contribution >= 0.6 is 0 Å². The van der Waals surface area contributed by atoms with Crippen LogP contribution in [0.1, 0.15) is 82.5 Å². The molecule has 218 valence electrons. The third kappa shape index (κ3) is 8.37. The number of carbonyl (C=O) groups excluding carboxylic acids is 3. The number of alkyl carbamates (subject to hydrolysis) is 1. The number of carbonyl (C=O) groups is 3. The molecule has 2 unspecified atom stereocenters. The van der Waals surface area contributed by atoms with Gasteiger partial charge in [0.25, 0.3) is 0 Å². The van der Waals surface area contributed by atoms with Crippen molar-refractivity contribution in [3.05, 3.63) is 59.2 Å². The average molecular weight is 554 g/mol. The van der Waals surface area contributed by atoms with Gasteiger partial charge in [-0.3, -0.25) is 9.59 Å². The smallest absolute Gasteiger partial charge is 0.408 e. The van der Waals surface area contributed by atoms with E-state index in [4.69, 9.17) is 4.74 Å². The van der Waals surface area contributed by atoms with E-state index < -0.39 is 29.7 Å². The molecule has 3 amide bonds. The molecule has 2 atom stereocenters. The van der Waals surface area contributed by atoms with Gasteiger partial charge in [-0.15, -0.1) is 0 Å². The minimum absolute atomic E-state index is 0.0920. The van der Waals surface area contributed by atoms with Crippen molar-refractivity contribution < 1.29 is 29.3 Å². The van der Waals surface area contributed by atoms with Gasteiger partial charge in [0.05, 0.1) is 0 Å². The van der Waals surface area contributed by atoms with Crippen molar-refractivity contribution >= 4 is 17.9 Å². The second kappa shape index (κ2) is 13.5. The standard InChI is InChI=1S/C31H43N3O6/c1-6-7-17-32-28(37)27(22-13-16-26(36)20(2)18-22)34(23-9-8-10-23)29(38)25(33-30(39)40-31(3,4)5)19-21-11-14-24(35)15-12-21/h11-16,18,23,25,27,35-36H,6-10,17,19H2,1-5H3,(H,32,37)(H,33,39). The van der Waals surface area contributed by atoms with Crippen LogP contribution in [-0.2, 0) is 20.7 Å². The number of aromatic hydroxyl groups is 2. The zero-order chi connectivity index (χ0) is 29.4. The summed E-state index contributed by atoms with van der Waals surface area (Å²) < 4.78 is 5.47. The highest BCUT2D eigenvalue weighted by atomic mass is 16.6. The maximum absolute atomic E-state index is 14.4. The van der Waals surface area contributed by atoms with Crippen LogP contribution < -0.4 is 10.6 Å². The van der Waals surface area contributed by atoms with Gasteiger partial charge in [0.1, 0.15) is 29.2 Å². The Morgan fingerprint density at radius 3 is 2.30 bits per heavy atom. The molecule has 1 aliphatic rings. The minimum atomic E-state index is -1.02. The normalized spacial score (nSPS) is 14.9. The lowest BCUT2D eigenvalue weighted by atomic mass is 9.87. The number of phenolic OH excluding ortho intramolecular Hbond substituents is 2. The predicted octanol–water partition coefficient (Wildman–Crippen LogP) is 4.88. The number of ether oxygens (including phenoxy) is 1. The van der Waals surface area contributed by atoms with E-state index in [0.717, 1.165) is 37.7 Å². The molecule has 0 aromatic heterocycles. The highest BCUT2D eigenvalue weighted by molar-refractivity contribution is 5.92. The van der Waals surface area contributed by atoms with Gasteiger partial charge in [0, 0.05) is 19.0 Å². The first-order chi connectivity index (χ1) is 18.9. The van der Waals surface area contributed by atoms with E-state index in [-0.39, 0.29) is 29.9 Å². The number of unbranched alkanes of at least 4 members (excludes halogenated alkanes) is 1. The van der Waals surface area contributed by atoms with Crippen molar-refractivity contribution in [1.29, 1.82) is 0 Å². The molecule has 2 aromatic rings. The number of amides is 3. The van der Waals surface area contributed by atoms with E-state index >= 15 is 0 Å². The van der Waals surface area contributed by atoms with Gasteiger partial charge in [-0.1, -0.05) is 31.5 Å². The first kappa shape index (κ1) is 30.8. The van der Waals surface area contributed by atoms with Gasteiger partial charge in [-0.25, -0.2) is 4.79 Å². The van der Waals surface area contributed by atoms with Crippen molar-refractivity contribution in [2.45, 2.75) is 96.9 Å². The molecule has 1 fully saturated rings. The first-order valence-corrected chi connectivity index (χ1v) is 14.1. The molecule has 0 heterocycles. The Balaban J connectivity index is 2.03. The Labute approximate surface area is 236 Å². The Morgan fingerprint density at radius 1 is 1.07 bits per heavy atom. The van der Waals surface area contributed by atoms with Gasteiger partial charge in [-0.05, 0) is 94.3 Å². The maximum atomic E-state index is 14.4. The van der Waals surface area contributed by atoms with E-state index in [1.807, 2.05) is 6.92 Å². The molecule has 9 nitrogen and oxygen atoms in total. The van der Waals surface area contributed by atoms with Crippen molar-refractivity contribution in [3.8, 4) is 11.5 Å². The van der Waals surface area contributed by atoms with E-state index in [0.29, 0.717) is 17.7 Å². The van der Waals surface area contributed by atoms with Crippen LogP contribution in [0.5, 0.6) is 11.5 Å². The van der Waals surface area contributed by atoms with Gasteiger partial charge >= 0.3 is 6.09 Å². The summed E-state index contributed by atoms with van der Waals surface area (Å²) in [6.07, 6.45) is 3.51. The second-order valence-corrected chi connectivity index (χ2v) is 11.5. The van der Waals surface area contributed by atoms with Gasteiger partial charge in [0.2, 0.25) is 11.8 Å². The Bertz CT molecular complexity index is 1170. The molecule has 3 rings (SSSR count). The minimum Gasteiger partial charge on any atom is -0.508 e. The molecule has 0 spiro atoms. The molecule has 0 aliphatic heterocycles. The number of hydrogen-bond acceptors (Lipinski definition) is 6. The summed E-state index contributed by atoms with van der Waals surface area (Å²) in [6.45, 7) is 9.49. The molecule has 4 N–H and O–H groups in total. The number of aryl methyl sites for hydroxylation is 1. The lowest BCUT2D eigenvalue weighted by Crippen LogP contribution is -2.58. The lowest BCUT2D eigenvalue weighted by Gasteiger charge is -2.43. The molecule has 0 radical (unpaired) electrons. The number of nitrogens with one attached hydrogen (secondary N) is 2. The number of phenols is 2. The third-order valence-electron chi connectivity index (χ3n) is 6.98. The Kier molecular flexibility index (Phi) is 10.4. The molecule has 0 bridgehead atoms. The molecule has 1 aliphatic carbocycles. The highest BCUT2D eigenvalue weighted by Crippen LogP contribution is 2.35. The van der Waals surface area contributed by atoms with Gasteiger partial charge < -0.3 is 30.5 Å². The first-order valence-electron chi connectivity index (χ1n) is 14.1. The topological polar surface area (TPSA) is 128 Å². The zero-order valence-corrected chi connectivity index (χ0v) is 24.2. The second-order valence-electron chi connectivity index (χ2n) is 11.5. The molecule has 2 aromatic carbocycles. The van der Waals surface area contributed by atoms with Crippen molar-refractivity contribution in [1.82, 2.24) is 15.5 Å². The number of benzene rings is 2. The van der Waals surface area contributed by atoms with Crippen LogP contribution in [0.4, 0.5) is 4.79 Å². The summed E-state index contributed by atoms with van der Waals surface area (Å²) in [4.78, 5) is 42.6. The average Bonchev–Trinajstić information content (AvgIpc) is 2.84. The van der Waals surface area contributed by atoms with Crippen LogP contribution in [0.2, 0.25) is 0 Å². The fourth-order valence-corrected chi connectivity index (χ4v) is 4.65. The summed E-state index contributed by atoms with van der Waals surface area (Å²) in [5.41, 5.74) is 1.14. The van der Waals surface area contributed by atoms with Gasteiger partial charge in [0.15, 0.2) is 0 Å². The van der Waals surface area contributed by atoms with Crippen molar-refractivity contribution in [2.24, 2.45) is 0 Å². The number of hydrogen-bond donors (Lipinski definition) is 4. The quantitative estimate of drug-likeness (QED) is 0.294. The van der Waals surface area contributed by atoms with Crippen LogP contribution in [0.3, 0.4) is 0 Å². The van der Waals surface area contributed by atoms with Gasteiger partial charge in [-0.2, -0.15) is 0 Å². The summed E-state index contributed by atoms with van der Waals surface area (Å²) in [6, 6.07) is 9.21. The summed E-state index contributed by atoms with van der Waals surface area (Å²) >= 11 is 0. The fourth-order valence-electron chi connectivity index (χ4n) is 4.65. The molecule has 0 saturated heterocycles. The monoisotopic (exact) mass is 553 g/mol. The van der Waals surface area contributed by atoms with E-state index in [2.05, 4.69) is 10.6 Å². The number of nitrogens with zero attached hydrogens (tertiary/aromatic N) is 1. The molecule has 1 saturated carbocycles. The third-order valence-corrected chi connectivity index (χ3v) is 6.98. The van der Waals surface area contributed by atoms with Crippen LogP contribution in [-0.4, -0.2) is 57.3 Å². The van der Waals surface area contributed by atoms with E-state index in [1.54, 1.807) is 56.9 Å². The SMILES string of the molecule is CCCCNC(=O)C(c1ccc(O)c(C)c1)N(C(=O)C(Cc1ccc(O)cc1)NC(=O)OC(C)(C)C)C1CCC1. The lowest BCUT2D eigenvalue weighted by molar-refractivity contribution is -0.147. The summed E-state index contributed by atoms with van der Waals surface area (Å²) in [7, 11) is 0. The Hall–Kier alpha value is -3.75. The zero-order valence-electron chi connectivity index (χ0n) is 24.2. The molecular formula is C31H43N3O6. The molecule has 40 heavy (non-hydrogen) atoms. The summed E-state index contributed by atoms with van der Waals surface area (Å²) in [5.74, 6) is -0.508.